The third-order valence-electron chi connectivity index (χ3n) is 4.86. The van der Waals surface area contributed by atoms with Gasteiger partial charge in [0, 0.05) is 13.1 Å². The largest absolute Gasteiger partial charge is 0.573 e. The highest BCUT2D eigenvalue weighted by molar-refractivity contribution is 7.89. The second-order valence-corrected chi connectivity index (χ2v) is 8.72. The minimum Gasteiger partial charge on any atom is -0.406 e. The molecule has 3 rings (SSSR count). The summed E-state index contributed by atoms with van der Waals surface area (Å²) in [7, 11) is -3.99. The SMILES string of the molecule is O=S(=O)(c1ccc(OC(F)(F)F)cc1)N1CCC(c2ccccc2C(F)(F)F)CC1. The molecule has 4 nitrogen and oxygen atoms in total. The van der Waals surface area contributed by atoms with Crippen LogP contribution in [0.2, 0.25) is 0 Å². The van der Waals surface area contributed by atoms with Crippen LogP contribution >= 0.6 is 0 Å². The number of sulfonamides is 1. The van der Waals surface area contributed by atoms with Crippen LogP contribution in [0.15, 0.2) is 53.4 Å². The number of halogens is 6. The topological polar surface area (TPSA) is 46.6 Å². The monoisotopic (exact) mass is 453 g/mol. The summed E-state index contributed by atoms with van der Waals surface area (Å²) in [5, 5.41) is 0. The summed E-state index contributed by atoms with van der Waals surface area (Å²) in [6.45, 7) is -0.0000120. The fourth-order valence-corrected chi connectivity index (χ4v) is 4.95. The van der Waals surface area contributed by atoms with E-state index in [1.807, 2.05) is 0 Å². The van der Waals surface area contributed by atoms with E-state index in [1.54, 1.807) is 0 Å². The summed E-state index contributed by atoms with van der Waals surface area (Å²) < 4.78 is 107. The van der Waals surface area contributed by atoms with E-state index in [0.29, 0.717) is 0 Å². The van der Waals surface area contributed by atoms with Crippen LogP contribution in [-0.4, -0.2) is 32.2 Å². The van der Waals surface area contributed by atoms with E-state index in [-0.39, 0.29) is 36.4 Å². The van der Waals surface area contributed by atoms with Crippen molar-refractivity contribution in [1.29, 1.82) is 0 Å². The van der Waals surface area contributed by atoms with Crippen LogP contribution < -0.4 is 4.74 Å². The predicted octanol–water partition coefficient (Wildman–Crippen LogP) is 5.17. The highest BCUT2D eigenvalue weighted by atomic mass is 32.2. The summed E-state index contributed by atoms with van der Waals surface area (Å²) in [6, 6.07) is 9.01. The van der Waals surface area contributed by atoms with E-state index in [2.05, 4.69) is 4.74 Å². The lowest BCUT2D eigenvalue weighted by molar-refractivity contribution is -0.274. The lowest BCUT2D eigenvalue weighted by Gasteiger charge is -2.32. The number of ether oxygens (including phenoxy) is 1. The third-order valence-corrected chi connectivity index (χ3v) is 6.77. The summed E-state index contributed by atoms with van der Waals surface area (Å²) in [4.78, 5) is -0.217. The van der Waals surface area contributed by atoms with Crippen molar-refractivity contribution in [3.05, 3.63) is 59.7 Å². The van der Waals surface area contributed by atoms with Crippen LogP contribution in [0.4, 0.5) is 26.3 Å². The van der Waals surface area contributed by atoms with Crippen LogP contribution in [0, 0.1) is 0 Å². The fraction of sp³-hybridized carbons (Fsp3) is 0.368. The Morgan fingerprint density at radius 2 is 1.43 bits per heavy atom. The Kier molecular flexibility index (Phi) is 6.06. The molecule has 1 heterocycles. The molecule has 1 aliphatic heterocycles. The molecule has 1 aliphatic rings. The van der Waals surface area contributed by atoms with Gasteiger partial charge in [0.1, 0.15) is 5.75 Å². The molecule has 2 aromatic carbocycles. The van der Waals surface area contributed by atoms with Gasteiger partial charge in [-0.1, -0.05) is 18.2 Å². The summed E-state index contributed by atoms with van der Waals surface area (Å²) in [5.41, 5.74) is -0.595. The number of rotatable bonds is 4. The van der Waals surface area contributed by atoms with Crippen molar-refractivity contribution >= 4 is 10.0 Å². The minimum absolute atomic E-state index is 0.00000598. The zero-order valence-electron chi connectivity index (χ0n) is 15.4. The number of nitrogens with zero attached hydrogens (tertiary/aromatic N) is 1. The van der Waals surface area contributed by atoms with E-state index >= 15 is 0 Å². The summed E-state index contributed by atoms with van der Waals surface area (Å²) >= 11 is 0. The normalized spacial score (nSPS) is 17.1. The third kappa shape index (κ3) is 5.07. The summed E-state index contributed by atoms with van der Waals surface area (Å²) in [5.74, 6) is -0.999. The quantitative estimate of drug-likeness (QED) is 0.600. The van der Waals surface area contributed by atoms with Gasteiger partial charge in [-0.25, -0.2) is 8.42 Å². The molecule has 0 aliphatic carbocycles. The zero-order valence-corrected chi connectivity index (χ0v) is 16.2. The first kappa shape index (κ1) is 22.4. The van der Waals surface area contributed by atoms with Gasteiger partial charge in [0.05, 0.1) is 10.5 Å². The Morgan fingerprint density at radius 1 is 0.867 bits per heavy atom. The number of benzene rings is 2. The Bertz CT molecular complexity index is 979. The van der Waals surface area contributed by atoms with Gasteiger partial charge in [0.25, 0.3) is 0 Å². The van der Waals surface area contributed by atoms with Crippen LogP contribution in [-0.2, 0) is 16.2 Å². The fourth-order valence-electron chi connectivity index (χ4n) is 3.48. The Balaban J connectivity index is 1.72. The molecule has 0 unspecified atom stereocenters. The van der Waals surface area contributed by atoms with Crippen LogP contribution in [0.1, 0.15) is 29.9 Å². The van der Waals surface area contributed by atoms with Crippen molar-refractivity contribution in [2.75, 3.05) is 13.1 Å². The molecule has 30 heavy (non-hydrogen) atoms. The van der Waals surface area contributed by atoms with Gasteiger partial charge in [-0.15, -0.1) is 13.2 Å². The maximum atomic E-state index is 13.2. The predicted molar refractivity (Wildman–Crippen MR) is 95.3 cm³/mol. The van der Waals surface area contributed by atoms with Crippen molar-refractivity contribution in [3.63, 3.8) is 0 Å². The molecule has 1 saturated heterocycles. The van der Waals surface area contributed by atoms with Crippen molar-refractivity contribution in [3.8, 4) is 5.75 Å². The Hall–Kier alpha value is -2.27. The Labute approximate surface area is 169 Å². The van der Waals surface area contributed by atoms with Crippen molar-refractivity contribution in [2.24, 2.45) is 0 Å². The highest BCUT2D eigenvalue weighted by Gasteiger charge is 2.37. The first-order chi connectivity index (χ1) is 13.9. The average Bonchev–Trinajstić information content (AvgIpc) is 2.66. The van der Waals surface area contributed by atoms with Crippen molar-refractivity contribution < 1.29 is 39.5 Å². The number of alkyl halides is 6. The van der Waals surface area contributed by atoms with Gasteiger partial charge in [-0.05, 0) is 54.7 Å². The molecule has 0 radical (unpaired) electrons. The van der Waals surface area contributed by atoms with Crippen LogP contribution in [0.25, 0.3) is 0 Å². The van der Waals surface area contributed by atoms with E-state index in [1.165, 1.54) is 18.2 Å². The molecule has 0 spiro atoms. The van der Waals surface area contributed by atoms with Gasteiger partial charge in [0.15, 0.2) is 0 Å². The van der Waals surface area contributed by atoms with Gasteiger partial charge in [-0.2, -0.15) is 17.5 Å². The molecule has 0 saturated carbocycles. The second kappa shape index (κ2) is 8.10. The van der Waals surface area contributed by atoms with Gasteiger partial charge < -0.3 is 4.74 Å². The molecule has 0 amide bonds. The van der Waals surface area contributed by atoms with Crippen LogP contribution in [0.3, 0.4) is 0 Å². The number of hydrogen-bond donors (Lipinski definition) is 0. The van der Waals surface area contributed by atoms with Gasteiger partial charge in [0.2, 0.25) is 10.0 Å². The molecule has 0 atom stereocenters. The lowest BCUT2D eigenvalue weighted by Crippen LogP contribution is -2.38. The first-order valence-electron chi connectivity index (χ1n) is 8.90. The maximum absolute atomic E-state index is 13.2. The molecule has 0 aromatic heterocycles. The highest BCUT2D eigenvalue weighted by Crippen LogP contribution is 2.39. The van der Waals surface area contributed by atoms with E-state index in [0.717, 1.165) is 34.6 Å². The number of piperidine rings is 1. The van der Waals surface area contributed by atoms with Gasteiger partial charge >= 0.3 is 12.5 Å². The molecule has 2 aromatic rings. The van der Waals surface area contributed by atoms with Crippen molar-refractivity contribution in [2.45, 2.75) is 36.2 Å². The molecular formula is C19H17F6NO3S. The Morgan fingerprint density at radius 3 is 1.97 bits per heavy atom. The summed E-state index contributed by atoms with van der Waals surface area (Å²) in [6.07, 6.45) is -9.00. The van der Waals surface area contributed by atoms with Crippen molar-refractivity contribution in [1.82, 2.24) is 4.31 Å². The van der Waals surface area contributed by atoms with Crippen LogP contribution in [0.5, 0.6) is 5.75 Å². The minimum atomic E-state index is -4.89. The molecule has 1 fully saturated rings. The number of hydrogen-bond acceptors (Lipinski definition) is 3. The molecule has 164 valence electrons. The lowest BCUT2D eigenvalue weighted by atomic mass is 9.87. The molecule has 0 bridgehead atoms. The standard InChI is InChI=1S/C19H17F6NO3S/c20-18(21,22)17-4-2-1-3-16(17)13-9-11-26(12-10-13)30(27,28)15-7-5-14(6-8-15)29-19(23,24)25/h1-8,13H,9-12H2. The van der Waals surface area contributed by atoms with E-state index < -0.39 is 39.8 Å². The first-order valence-corrected chi connectivity index (χ1v) is 10.3. The zero-order chi connectivity index (χ0) is 22.2. The van der Waals surface area contributed by atoms with E-state index in [9.17, 15) is 34.8 Å². The maximum Gasteiger partial charge on any atom is 0.573 e. The molecule has 11 heteroatoms. The molecular weight excluding hydrogens is 436 g/mol. The smallest absolute Gasteiger partial charge is 0.406 e. The average molecular weight is 453 g/mol. The molecule has 0 N–H and O–H groups in total. The second-order valence-electron chi connectivity index (χ2n) is 6.78. The van der Waals surface area contributed by atoms with E-state index in [4.69, 9.17) is 0 Å². The van der Waals surface area contributed by atoms with Gasteiger partial charge in [-0.3, -0.25) is 0 Å².